The highest BCUT2D eigenvalue weighted by Gasteiger charge is 2.30. The molecule has 2 N–H and O–H groups in total. The summed E-state index contributed by atoms with van der Waals surface area (Å²) in [6, 6.07) is 14.7. The van der Waals surface area contributed by atoms with Crippen LogP contribution in [-0.4, -0.2) is 24.3 Å². The number of rotatable bonds is 4. The number of hydrogen-bond donors (Lipinski definition) is 1. The number of nitrogens with zero attached hydrogens (tertiary/aromatic N) is 4. The van der Waals surface area contributed by atoms with E-state index in [0.717, 1.165) is 9.87 Å². The molecule has 0 aliphatic rings. The molecule has 0 saturated carbocycles. The van der Waals surface area contributed by atoms with Crippen molar-refractivity contribution in [1.82, 2.24) is 9.97 Å². The molecule has 3 rings (SSSR count). The van der Waals surface area contributed by atoms with E-state index in [4.69, 9.17) is 17.3 Å². The maximum Gasteiger partial charge on any atom is 0.271 e. The third-order valence-electron chi connectivity index (χ3n) is 4.02. The number of aromatic nitrogens is 2. The minimum absolute atomic E-state index is 0.0579. The molecular weight excluding hydrogens is 410 g/mol. The maximum atomic E-state index is 13.4. The summed E-state index contributed by atoms with van der Waals surface area (Å²) in [6.45, 7) is 5.45. The summed E-state index contributed by atoms with van der Waals surface area (Å²) < 4.78 is 27.8. The van der Waals surface area contributed by atoms with Gasteiger partial charge in [0.2, 0.25) is 5.96 Å². The van der Waals surface area contributed by atoms with E-state index in [2.05, 4.69) is 15.0 Å². The molecule has 0 unspecified atom stereocenters. The van der Waals surface area contributed by atoms with E-state index < -0.39 is 10.0 Å². The van der Waals surface area contributed by atoms with E-state index in [1.807, 2.05) is 6.92 Å². The lowest BCUT2D eigenvalue weighted by atomic mass is 10.2. The highest BCUT2D eigenvalue weighted by molar-refractivity contribution is 7.93. The molecule has 0 atom stereocenters. The largest absolute Gasteiger partial charge is 0.368 e. The zero-order valence-electron chi connectivity index (χ0n) is 16.2. The molecular formula is C20H20ClN5O2S. The minimum atomic E-state index is -4.10. The van der Waals surface area contributed by atoms with Gasteiger partial charge in [0.25, 0.3) is 16.0 Å². The Kier molecular flexibility index (Phi) is 5.86. The summed E-state index contributed by atoms with van der Waals surface area (Å²) >= 11 is 6.29. The fourth-order valence-electron chi connectivity index (χ4n) is 2.71. The summed E-state index contributed by atoms with van der Waals surface area (Å²) in [7, 11) is -4.10. The molecule has 0 spiro atoms. The Bertz CT molecular complexity index is 1160. The fraction of sp³-hybridized carbons (Fsp3) is 0.150. The van der Waals surface area contributed by atoms with Crippen LogP contribution < -0.4 is 10.0 Å². The Labute approximate surface area is 175 Å². The zero-order chi connectivity index (χ0) is 21.2. The van der Waals surface area contributed by atoms with E-state index in [1.54, 1.807) is 56.3 Å². The van der Waals surface area contributed by atoms with Gasteiger partial charge in [-0.1, -0.05) is 41.4 Å². The fourth-order valence-corrected chi connectivity index (χ4v) is 4.38. The van der Waals surface area contributed by atoms with Crippen molar-refractivity contribution in [2.45, 2.75) is 25.7 Å². The summed E-state index contributed by atoms with van der Waals surface area (Å²) in [4.78, 5) is 12.6. The predicted molar refractivity (Wildman–Crippen MR) is 115 cm³/mol. The van der Waals surface area contributed by atoms with Crippen LogP contribution in [0.5, 0.6) is 0 Å². The first-order valence-corrected chi connectivity index (χ1v) is 10.5. The van der Waals surface area contributed by atoms with Crippen molar-refractivity contribution in [2.75, 3.05) is 4.31 Å². The second kappa shape index (κ2) is 8.18. The molecule has 0 fully saturated rings. The molecule has 150 valence electrons. The van der Waals surface area contributed by atoms with Gasteiger partial charge in [-0.2, -0.15) is 4.99 Å². The van der Waals surface area contributed by atoms with Crippen molar-refractivity contribution >= 4 is 39.2 Å². The molecule has 1 aromatic heterocycles. The van der Waals surface area contributed by atoms with E-state index in [-0.39, 0.29) is 27.5 Å². The first kappa shape index (κ1) is 20.8. The Balaban J connectivity index is 2.19. The molecule has 0 aliphatic carbocycles. The molecule has 1 heterocycles. The Hall–Kier alpha value is -2.97. The van der Waals surface area contributed by atoms with Gasteiger partial charge in [-0.15, -0.1) is 0 Å². The molecule has 29 heavy (non-hydrogen) atoms. The van der Waals surface area contributed by atoms with Gasteiger partial charge in [0.1, 0.15) is 0 Å². The molecule has 9 heteroatoms. The van der Waals surface area contributed by atoms with Crippen LogP contribution in [-0.2, 0) is 10.0 Å². The average molecular weight is 430 g/mol. The van der Waals surface area contributed by atoms with Gasteiger partial charge in [-0.3, -0.25) is 0 Å². The van der Waals surface area contributed by atoms with Crippen molar-refractivity contribution in [3.63, 3.8) is 0 Å². The lowest BCUT2D eigenvalue weighted by molar-refractivity contribution is 0.597. The van der Waals surface area contributed by atoms with Gasteiger partial charge in [0.15, 0.2) is 0 Å². The van der Waals surface area contributed by atoms with Crippen molar-refractivity contribution < 1.29 is 8.42 Å². The number of benzene rings is 2. The zero-order valence-corrected chi connectivity index (χ0v) is 17.7. The number of hydrogen-bond acceptors (Lipinski definition) is 5. The average Bonchev–Trinajstić information content (AvgIpc) is 2.63. The minimum Gasteiger partial charge on any atom is -0.368 e. The van der Waals surface area contributed by atoms with Crippen LogP contribution in [0.15, 0.2) is 64.5 Å². The monoisotopic (exact) mass is 429 g/mol. The van der Waals surface area contributed by atoms with Crippen molar-refractivity contribution in [3.8, 4) is 0 Å². The quantitative estimate of drug-likeness (QED) is 0.500. The van der Waals surface area contributed by atoms with Crippen molar-refractivity contribution in [3.05, 3.63) is 76.6 Å². The van der Waals surface area contributed by atoms with Crippen LogP contribution in [0, 0.1) is 20.8 Å². The number of halogens is 1. The third kappa shape index (κ3) is 4.55. The van der Waals surface area contributed by atoms with E-state index in [9.17, 15) is 8.42 Å². The van der Waals surface area contributed by atoms with Crippen LogP contribution in [0.3, 0.4) is 0 Å². The smallest absolute Gasteiger partial charge is 0.271 e. The normalized spacial score (nSPS) is 12.1. The molecule has 3 aromatic rings. The van der Waals surface area contributed by atoms with Crippen LogP contribution in [0.2, 0.25) is 5.02 Å². The van der Waals surface area contributed by atoms with Crippen LogP contribution in [0.25, 0.3) is 0 Å². The van der Waals surface area contributed by atoms with Gasteiger partial charge in [0, 0.05) is 11.4 Å². The van der Waals surface area contributed by atoms with Crippen LogP contribution >= 0.6 is 11.6 Å². The van der Waals surface area contributed by atoms with E-state index in [1.165, 1.54) is 12.1 Å². The number of sulfonamides is 1. The van der Waals surface area contributed by atoms with Crippen molar-refractivity contribution in [1.29, 1.82) is 0 Å². The van der Waals surface area contributed by atoms with Crippen LogP contribution in [0.4, 0.5) is 11.6 Å². The lowest BCUT2D eigenvalue weighted by Gasteiger charge is -2.24. The predicted octanol–water partition coefficient (Wildman–Crippen LogP) is 3.90. The molecule has 0 bridgehead atoms. The Morgan fingerprint density at radius 3 is 2.17 bits per heavy atom. The lowest BCUT2D eigenvalue weighted by Crippen LogP contribution is -2.42. The number of guanidine groups is 1. The summed E-state index contributed by atoms with van der Waals surface area (Å²) in [6.07, 6.45) is 0. The topological polar surface area (TPSA) is 102 Å². The van der Waals surface area contributed by atoms with Gasteiger partial charge < -0.3 is 5.73 Å². The molecule has 0 amide bonds. The maximum absolute atomic E-state index is 13.4. The van der Waals surface area contributed by atoms with Crippen molar-refractivity contribution in [2.24, 2.45) is 10.7 Å². The molecule has 0 radical (unpaired) electrons. The highest BCUT2D eigenvalue weighted by atomic mass is 35.5. The van der Waals surface area contributed by atoms with Crippen LogP contribution in [0.1, 0.15) is 17.0 Å². The molecule has 2 aromatic carbocycles. The van der Waals surface area contributed by atoms with Gasteiger partial charge in [0.05, 0.1) is 15.6 Å². The van der Waals surface area contributed by atoms with Gasteiger partial charge >= 0.3 is 0 Å². The second-order valence-electron chi connectivity index (χ2n) is 6.45. The first-order valence-electron chi connectivity index (χ1n) is 8.71. The van der Waals surface area contributed by atoms with E-state index >= 15 is 0 Å². The number of aliphatic imine (C=N–C) groups is 1. The molecule has 7 nitrogen and oxygen atoms in total. The van der Waals surface area contributed by atoms with E-state index in [0.29, 0.717) is 11.4 Å². The highest BCUT2D eigenvalue weighted by Crippen LogP contribution is 2.30. The SMILES string of the molecule is Cc1ccc(S(=O)(=O)N(/C(N)=N/c2nc(C)cc(C)n2)c2ccccc2Cl)cc1. The number of para-hydroxylation sites is 1. The number of nitrogens with two attached hydrogens (primary N) is 1. The van der Waals surface area contributed by atoms with Gasteiger partial charge in [-0.25, -0.2) is 22.7 Å². The summed E-state index contributed by atoms with van der Waals surface area (Å²) in [5.74, 6) is -0.250. The molecule has 0 aliphatic heterocycles. The summed E-state index contributed by atoms with van der Waals surface area (Å²) in [5.41, 5.74) is 8.65. The second-order valence-corrected chi connectivity index (χ2v) is 8.65. The third-order valence-corrected chi connectivity index (χ3v) is 6.08. The first-order chi connectivity index (χ1) is 13.7. The Morgan fingerprint density at radius 2 is 1.59 bits per heavy atom. The Morgan fingerprint density at radius 1 is 1.00 bits per heavy atom. The number of aryl methyl sites for hydroxylation is 3. The van der Waals surface area contributed by atoms with Gasteiger partial charge in [-0.05, 0) is 51.1 Å². The summed E-state index contributed by atoms with van der Waals surface area (Å²) in [5, 5.41) is 0.211. The number of anilines is 1. The molecule has 0 saturated heterocycles. The standard InChI is InChI=1S/C20H20ClN5O2S/c1-13-8-10-16(11-9-13)29(27,28)26(18-7-5-4-6-17(18)21)19(22)25-20-23-14(2)12-15(3)24-20/h4-12H,1-3H3,(H2,22,23,24,25).